The summed E-state index contributed by atoms with van der Waals surface area (Å²) in [5.41, 5.74) is 4.30. The highest BCUT2D eigenvalue weighted by atomic mass is 79.9. The number of carbonyl (C=O) groups excluding carboxylic acids is 3. The van der Waals surface area contributed by atoms with Crippen LogP contribution in [0.15, 0.2) is 106 Å². The Morgan fingerprint density at radius 2 is 1.58 bits per heavy atom. The first kappa shape index (κ1) is 29.1. The highest BCUT2D eigenvalue weighted by molar-refractivity contribution is 9.10. The van der Waals surface area contributed by atoms with Gasteiger partial charge in [0.05, 0.1) is 18.9 Å². The van der Waals surface area contributed by atoms with E-state index in [1.807, 2.05) is 0 Å². The lowest BCUT2D eigenvalue weighted by atomic mass is 10.1. The van der Waals surface area contributed by atoms with E-state index >= 15 is 0 Å². The molecule has 43 heavy (non-hydrogen) atoms. The van der Waals surface area contributed by atoms with Crippen LogP contribution in [0.4, 0.5) is 0 Å². The predicted molar refractivity (Wildman–Crippen MR) is 162 cm³/mol. The predicted octanol–water partition coefficient (Wildman–Crippen LogP) is 5.33. The molecule has 0 saturated heterocycles. The molecule has 4 aromatic carbocycles. The summed E-state index contributed by atoms with van der Waals surface area (Å²) < 4.78 is 22.5. The first-order valence-corrected chi connectivity index (χ1v) is 13.7. The number of esters is 1. The van der Waals surface area contributed by atoms with E-state index in [4.69, 9.17) is 18.9 Å². The van der Waals surface area contributed by atoms with Crippen molar-refractivity contribution in [2.45, 2.75) is 0 Å². The molecule has 0 aromatic heterocycles. The molecule has 5 rings (SSSR count). The summed E-state index contributed by atoms with van der Waals surface area (Å²) in [6, 6.07) is 25.2. The Kier molecular flexibility index (Phi) is 9.13. The monoisotopic (exact) mass is 641 g/mol. The van der Waals surface area contributed by atoms with Crippen molar-refractivity contribution >= 4 is 46.0 Å². The Bertz CT molecular complexity index is 1720. The number of nitrogens with zero attached hydrogens (tertiary/aromatic N) is 1. The van der Waals surface area contributed by atoms with Crippen LogP contribution in [0, 0.1) is 0 Å². The average Bonchev–Trinajstić information content (AvgIpc) is 3.50. The van der Waals surface area contributed by atoms with Gasteiger partial charge in [-0.15, -0.1) is 0 Å². The third-order valence-electron chi connectivity index (χ3n) is 6.09. The van der Waals surface area contributed by atoms with Crippen LogP contribution < -0.4 is 29.7 Å². The van der Waals surface area contributed by atoms with Crippen LogP contribution >= 0.6 is 15.9 Å². The highest BCUT2D eigenvalue weighted by Crippen LogP contribution is 2.33. The van der Waals surface area contributed by atoms with Gasteiger partial charge in [0.2, 0.25) is 6.79 Å². The summed E-state index contributed by atoms with van der Waals surface area (Å²) >= 11 is 3.33. The first-order chi connectivity index (χ1) is 20.9. The third-order valence-corrected chi connectivity index (χ3v) is 6.62. The molecule has 0 bridgehead atoms. The van der Waals surface area contributed by atoms with Crippen LogP contribution in [-0.2, 0) is 4.79 Å². The number of rotatable bonds is 9. The lowest BCUT2D eigenvalue weighted by Gasteiger charge is -2.10. The Morgan fingerprint density at radius 3 is 2.35 bits per heavy atom. The third kappa shape index (κ3) is 7.46. The molecule has 2 amide bonds. The van der Waals surface area contributed by atoms with Crippen LogP contribution in [0.3, 0.4) is 0 Å². The lowest BCUT2D eigenvalue weighted by molar-refractivity contribution is -0.117. The number of hydrogen-bond acceptors (Lipinski definition) is 8. The van der Waals surface area contributed by atoms with E-state index in [0.717, 1.165) is 4.47 Å². The van der Waals surface area contributed by atoms with E-state index in [-0.39, 0.29) is 18.2 Å². The zero-order valence-corrected chi connectivity index (χ0v) is 24.3. The maximum absolute atomic E-state index is 13.1. The van der Waals surface area contributed by atoms with Gasteiger partial charge in [-0.05, 0) is 83.9 Å². The summed E-state index contributed by atoms with van der Waals surface area (Å²) in [5, 5.41) is 6.69. The van der Waals surface area contributed by atoms with Crippen molar-refractivity contribution in [3.05, 3.63) is 123 Å². The van der Waals surface area contributed by atoms with E-state index in [1.54, 1.807) is 91.0 Å². The van der Waals surface area contributed by atoms with Crippen LogP contribution in [0.25, 0.3) is 6.08 Å². The SMILES string of the molecule is COc1cc(/C=N/NC(=O)/C(=C\c2ccc3c(c2)OCO3)NC(=O)c2ccccc2)ccc1OC(=O)c1ccc(Br)cc1. The van der Waals surface area contributed by atoms with Gasteiger partial charge < -0.3 is 24.3 Å². The average molecular weight is 642 g/mol. The molecule has 0 unspecified atom stereocenters. The Labute approximate surface area is 255 Å². The normalized spacial score (nSPS) is 12.1. The smallest absolute Gasteiger partial charge is 0.343 e. The van der Waals surface area contributed by atoms with Gasteiger partial charge in [-0.25, -0.2) is 10.2 Å². The van der Waals surface area contributed by atoms with Crippen molar-refractivity contribution in [1.29, 1.82) is 0 Å². The van der Waals surface area contributed by atoms with Crippen LogP contribution in [0.5, 0.6) is 23.0 Å². The summed E-state index contributed by atoms with van der Waals surface area (Å²) in [6.45, 7) is 0.106. The number of amides is 2. The molecule has 0 radical (unpaired) electrons. The van der Waals surface area contributed by atoms with Crippen molar-refractivity contribution in [2.75, 3.05) is 13.9 Å². The van der Waals surface area contributed by atoms with Gasteiger partial charge in [-0.2, -0.15) is 5.10 Å². The van der Waals surface area contributed by atoms with Gasteiger partial charge in [-0.1, -0.05) is 40.2 Å². The molecule has 4 aromatic rings. The zero-order chi connectivity index (χ0) is 30.2. The largest absolute Gasteiger partial charge is 0.493 e. The summed E-state index contributed by atoms with van der Waals surface area (Å²) in [5.74, 6) is -0.0476. The minimum Gasteiger partial charge on any atom is -0.493 e. The number of nitrogens with one attached hydrogen (secondary N) is 2. The summed E-state index contributed by atoms with van der Waals surface area (Å²) in [6.07, 6.45) is 2.89. The number of ether oxygens (including phenoxy) is 4. The van der Waals surface area contributed by atoms with E-state index in [0.29, 0.717) is 39.5 Å². The minimum atomic E-state index is -0.662. The number of methoxy groups -OCH3 is 1. The molecule has 11 heteroatoms. The quantitative estimate of drug-likeness (QED) is 0.0832. The van der Waals surface area contributed by atoms with Gasteiger partial charge in [-0.3, -0.25) is 9.59 Å². The molecule has 1 aliphatic rings. The fourth-order valence-corrected chi connectivity index (χ4v) is 4.20. The van der Waals surface area contributed by atoms with Crippen molar-refractivity contribution in [2.24, 2.45) is 5.10 Å². The number of benzene rings is 4. The van der Waals surface area contributed by atoms with Gasteiger partial charge in [0, 0.05) is 10.0 Å². The molecule has 0 fully saturated rings. The number of carbonyl (C=O) groups is 3. The van der Waals surface area contributed by atoms with E-state index in [2.05, 4.69) is 31.8 Å². The fraction of sp³-hybridized carbons (Fsp3) is 0.0625. The maximum atomic E-state index is 13.1. The van der Waals surface area contributed by atoms with Gasteiger partial charge in [0.25, 0.3) is 11.8 Å². The van der Waals surface area contributed by atoms with Gasteiger partial charge in [0.15, 0.2) is 23.0 Å². The molecular formula is C32H24BrN3O7. The van der Waals surface area contributed by atoms with Crippen LogP contribution in [0.1, 0.15) is 31.8 Å². The molecule has 0 spiro atoms. The van der Waals surface area contributed by atoms with Crippen molar-refractivity contribution < 1.29 is 33.3 Å². The molecule has 1 heterocycles. The number of halogens is 1. The van der Waals surface area contributed by atoms with Gasteiger partial charge >= 0.3 is 5.97 Å². The molecule has 216 valence electrons. The first-order valence-electron chi connectivity index (χ1n) is 12.9. The molecule has 1 aliphatic heterocycles. The summed E-state index contributed by atoms with van der Waals surface area (Å²) in [4.78, 5) is 38.5. The topological polar surface area (TPSA) is 125 Å². The van der Waals surface area contributed by atoms with E-state index in [1.165, 1.54) is 19.4 Å². The van der Waals surface area contributed by atoms with E-state index in [9.17, 15) is 14.4 Å². The summed E-state index contributed by atoms with van der Waals surface area (Å²) in [7, 11) is 1.44. The fourth-order valence-electron chi connectivity index (χ4n) is 3.93. The molecule has 2 N–H and O–H groups in total. The second-order valence-corrected chi connectivity index (χ2v) is 9.91. The molecule has 0 atom stereocenters. The van der Waals surface area contributed by atoms with E-state index < -0.39 is 17.8 Å². The second kappa shape index (κ2) is 13.5. The highest BCUT2D eigenvalue weighted by Gasteiger charge is 2.17. The minimum absolute atomic E-state index is 0.0438. The van der Waals surface area contributed by atoms with Gasteiger partial charge in [0.1, 0.15) is 5.70 Å². The molecule has 0 aliphatic carbocycles. The molecular weight excluding hydrogens is 618 g/mol. The molecule has 0 saturated carbocycles. The van der Waals surface area contributed by atoms with Crippen molar-refractivity contribution in [3.63, 3.8) is 0 Å². The van der Waals surface area contributed by atoms with Crippen molar-refractivity contribution in [3.8, 4) is 23.0 Å². The van der Waals surface area contributed by atoms with Crippen LogP contribution in [-0.4, -0.2) is 37.9 Å². The van der Waals surface area contributed by atoms with Crippen molar-refractivity contribution in [1.82, 2.24) is 10.7 Å². The standard InChI is InChI=1S/C32H24BrN3O7/c1-40-28-17-21(8-14-27(28)43-32(39)23-9-11-24(33)12-10-23)18-34-36-31(38)25(35-30(37)22-5-3-2-4-6-22)15-20-7-13-26-29(16-20)42-19-41-26/h2-18H,19H2,1H3,(H,35,37)(H,36,38)/b25-15+,34-18+. The Hall–Kier alpha value is -5.42. The Balaban J connectivity index is 1.30. The number of hydrogen-bond donors (Lipinski definition) is 2. The van der Waals surface area contributed by atoms with Crippen LogP contribution in [0.2, 0.25) is 0 Å². The second-order valence-electron chi connectivity index (χ2n) is 9.00. The Morgan fingerprint density at radius 1 is 0.837 bits per heavy atom. The lowest BCUT2D eigenvalue weighted by Crippen LogP contribution is -2.32. The maximum Gasteiger partial charge on any atom is 0.343 e. The number of fused-ring (bicyclic) bond motifs is 1. The number of hydrazone groups is 1. The molecule has 10 nitrogen and oxygen atoms in total. The zero-order valence-electron chi connectivity index (χ0n) is 22.7.